The molecule has 2 heterocycles. The molecule has 0 radical (unpaired) electrons. The molecule has 1 N–H and O–H groups in total. The summed E-state index contributed by atoms with van der Waals surface area (Å²) in [4.78, 5) is 18.2. The molecule has 1 aromatic heterocycles. The Hall–Kier alpha value is -2.95. The van der Waals surface area contributed by atoms with Gasteiger partial charge in [-0.3, -0.25) is 4.79 Å². The summed E-state index contributed by atoms with van der Waals surface area (Å²) in [6.45, 7) is 4.03. The van der Waals surface area contributed by atoms with Gasteiger partial charge in [-0.05, 0) is 49.4 Å². The number of benzene rings is 2. The van der Waals surface area contributed by atoms with Crippen LogP contribution < -0.4 is 9.47 Å². The fraction of sp³-hybridized carbons (Fsp3) is 0.348. The van der Waals surface area contributed by atoms with Crippen LogP contribution in [0.2, 0.25) is 0 Å². The number of amides is 1. The van der Waals surface area contributed by atoms with E-state index in [4.69, 9.17) is 9.47 Å². The maximum atomic E-state index is 12.7. The number of piperidine rings is 1. The van der Waals surface area contributed by atoms with Crippen molar-refractivity contribution in [2.24, 2.45) is 0 Å². The van der Waals surface area contributed by atoms with Gasteiger partial charge >= 0.3 is 0 Å². The number of aromatic amines is 1. The molecule has 0 spiro atoms. The van der Waals surface area contributed by atoms with Crippen LogP contribution in [-0.2, 0) is 4.79 Å². The molecule has 146 valence electrons. The minimum absolute atomic E-state index is 0.0205. The molecule has 0 saturated carbocycles. The number of hydrogen-bond donors (Lipinski definition) is 1. The first-order valence-electron chi connectivity index (χ1n) is 9.94. The van der Waals surface area contributed by atoms with Crippen LogP contribution in [0, 0.1) is 0 Å². The van der Waals surface area contributed by atoms with Crippen molar-refractivity contribution in [1.29, 1.82) is 0 Å². The van der Waals surface area contributed by atoms with Crippen molar-refractivity contribution >= 4 is 16.8 Å². The Morgan fingerprint density at radius 1 is 1.11 bits per heavy atom. The number of likely N-dealkylation sites (tertiary alicyclic amines) is 1. The van der Waals surface area contributed by atoms with E-state index in [1.165, 1.54) is 11.1 Å². The second-order valence-electron chi connectivity index (χ2n) is 7.16. The van der Waals surface area contributed by atoms with Crippen LogP contribution in [0.15, 0.2) is 54.6 Å². The van der Waals surface area contributed by atoms with Crippen molar-refractivity contribution in [1.82, 2.24) is 9.88 Å². The van der Waals surface area contributed by atoms with E-state index < -0.39 is 0 Å². The lowest BCUT2D eigenvalue weighted by Gasteiger charge is -2.32. The molecule has 0 aliphatic carbocycles. The number of aromatic nitrogens is 1. The number of H-pyrrole nitrogens is 1. The van der Waals surface area contributed by atoms with E-state index in [1.807, 2.05) is 48.2 Å². The average molecular weight is 378 g/mol. The Morgan fingerprint density at radius 2 is 1.86 bits per heavy atom. The van der Waals surface area contributed by atoms with Crippen molar-refractivity contribution in [3.63, 3.8) is 0 Å². The predicted molar refractivity (Wildman–Crippen MR) is 110 cm³/mol. The van der Waals surface area contributed by atoms with E-state index in [9.17, 15) is 4.79 Å². The third-order valence-electron chi connectivity index (χ3n) is 5.26. The lowest BCUT2D eigenvalue weighted by atomic mass is 9.94. The first-order chi connectivity index (χ1) is 13.7. The van der Waals surface area contributed by atoms with Crippen LogP contribution in [-0.4, -0.2) is 42.1 Å². The molecular formula is C23H26N2O3. The largest absolute Gasteiger partial charge is 0.490 e. The SMILES string of the molecule is CCOc1ccccc1OCC(=O)N1CCCC(c2cc3ccccc3[nH]2)C1. The Labute approximate surface area is 165 Å². The first-order valence-corrected chi connectivity index (χ1v) is 9.94. The van der Waals surface area contributed by atoms with Crippen LogP contribution in [0.3, 0.4) is 0 Å². The number of carbonyl (C=O) groups is 1. The molecule has 5 nitrogen and oxygen atoms in total. The van der Waals surface area contributed by atoms with Gasteiger partial charge in [-0.2, -0.15) is 0 Å². The normalized spacial score (nSPS) is 16.9. The minimum Gasteiger partial charge on any atom is -0.490 e. The van der Waals surface area contributed by atoms with Gasteiger partial charge in [0, 0.05) is 30.2 Å². The maximum Gasteiger partial charge on any atom is 0.260 e. The molecule has 1 unspecified atom stereocenters. The van der Waals surface area contributed by atoms with Crippen molar-refractivity contribution in [2.45, 2.75) is 25.7 Å². The first kappa shape index (κ1) is 18.4. The zero-order valence-corrected chi connectivity index (χ0v) is 16.2. The topological polar surface area (TPSA) is 54.6 Å². The molecule has 4 rings (SSSR count). The van der Waals surface area contributed by atoms with Gasteiger partial charge in [-0.1, -0.05) is 30.3 Å². The number of ether oxygens (including phenoxy) is 2. The number of nitrogens with zero attached hydrogens (tertiary/aromatic N) is 1. The molecule has 1 aliphatic heterocycles. The Balaban J connectivity index is 1.39. The monoisotopic (exact) mass is 378 g/mol. The highest BCUT2D eigenvalue weighted by molar-refractivity contribution is 5.81. The summed E-state index contributed by atoms with van der Waals surface area (Å²) < 4.78 is 11.3. The van der Waals surface area contributed by atoms with Crippen molar-refractivity contribution in [3.05, 3.63) is 60.3 Å². The van der Waals surface area contributed by atoms with Gasteiger partial charge in [0.15, 0.2) is 18.1 Å². The predicted octanol–water partition coefficient (Wildman–Crippen LogP) is 4.35. The van der Waals surface area contributed by atoms with E-state index in [1.54, 1.807) is 0 Å². The number of para-hydroxylation sites is 3. The Kier molecular flexibility index (Phi) is 5.51. The fourth-order valence-electron chi connectivity index (χ4n) is 3.85. The van der Waals surface area contributed by atoms with E-state index in [-0.39, 0.29) is 12.5 Å². The van der Waals surface area contributed by atoms with Crippen LogP contribution in [0.1, 0.15) is 31.4 Å². The summed E-state index contributed by atoms with van der Waals surface area (Å²) in [5, 5.41) is 1.22. The second kappa shape index (κ2) is 8.38. The number of rotatable bonds is 6. The molecule has 2 aromatic carbocycles. The summed E-state index contributed by atoms with van der Waals surface area (Å²) in [6.07, 6.45) is 2.09. The van der Waals surface area contributed by atoms with Crippen LogP contribution in [0.4, 0.5) is 0 Å². The van der Waals surface area contributed by atoms with E-state index in [2.05, 4.69) is 23.2 Å². The number of fused-ring (bicyclic) bond motifs is 1. The molecular weight excluding hydrogens is 352 g/mol. The molecule has 1 aliphatic rings. The van der Waals surface area contributed by atoms with Crippen molar-refractivity contribution in [3.8, 4) is 11.5 Å². The third-order valence-corrected chi connectivity index (χ3v) is 5.26. The standard InChI is InChI=1S/C23H26N2O3/c1-2-27-21-11-5-6-12-22(21)28-16-23(26)25-13-7-9-18(15-25)20-14-17-8-3-4-10-19(17)24-20/h3-6,8,10-12,14,18,24H,2,7,9,13,15-16H2,1H3. The van der Waals surface area contributed by atoms with Crippen LogP contribution in [0.25, 0.3) is 10.9 Å². The average Bonchev–Trinajstić information content (AvgIpc) is 3.18. The van der Waals surface area contributed by atoms with Gasteiger partial charge < -0.3 is 19.4 Å². The zero-order valence-electron chi connectivity index (χ0n) is 16.2. The molecule has 3 aromatic rings. The van der Waals surface area contributed by atoms with Gasteiger partial charge in [0.2, 0.25) is 0 Å². The van der Waals surface area contributed by atoms with Crippen LogP contribution >= 0.6 is 0 Å². The summed E-state index contributed by atoms with van der Waals surface area (Å²) in [7, 11) is 0. The Bertz CT molecular complexity index is 917. The molecule has 5 heteroatoms. The summed E-state index contributed by atoms with van der Waals surface area (Å²) >= 11 is 0. The fourth-order valence-corrected chi connectivity index (χ4v) is 3.85. The van der Waals surface area contributed by atoms with Crippen molar-refractivity contribution in [2.75, 3.05) is 26.3 Å². The van der Waals surface area contributed by atoms with Gasteiger partial charge in [0.1, 0.15) is 0 Å². The Morgan fingerprint density at radius 3 is 2.64 bits per heavy atom. The molecule has 1 saturated heterocycles. The van der Waals surface area contributed by atoms with Crippen molar-refractivity contribution < 1.29 is 14.3 Å². The van der Waals surface area contributed by atoms with Gasteiger partial charge in [0.25, 0.3) is 5.91 Å². The highest BCUT2D eigenvalue weighted by Gasteiger charge is 2.26. The maximum absolute atomic E-state index is 12.7. The molecule has 1 fully saturated rings. The van der Waals surface area contributed by atoms with E-state index >= 15 is 0 Å². The van der Waals surface area contributed by atoms with Gasteiger partial charge in [0.05, 0.1) is 6.61 Å². The molecule has 1 atom stereocenters. The van der Waals surface area contributed by atoms with Crippen LogP contribution in [0.5, 0.6) is 11.5 Å². The molecule has 28 heavy (non-hydrogen) atoms. The zero-order chi connectivity index (χ0) is 19.3. The quantitative estimate of drug-likeness (QED) is 0.694. The smallest absolute Gasteiger partial charge is 0.260 e. The number of hydrogen-bond acceptors (Lipinski definition) is 3. The summed E-state index contributed by atoms with van der Waals surface area (Å²) in [5.74, 6) is 1.64. The molecule has 0 bridgehead atoms. The lowest BCUT2D eigenvalue weighted by molar-refractivity contribution is -0.134. The highest BCUT2D eigenvalue weighted by Crippen LogP contribution is 2.30. The lowest BCUT2D eigenvalue weighted by Crippen LogP contribution is -2.41. The van der Waals surface area contributed by atoms with E-state index in [0.29, 0.717) is 24.0 Å². The third kappa shape index (κ3) is 3.98. The second-order valence-corrected chi connectivity index (χ2v) is 7.16. The molecule has 1 amide bonds. The van der Waals surface area contributed by atoms with Gasteiger partial charge in [-0.25, -0.2) is 0 Å². The number of nitrogens with one attached hydrogen (secondary N) is 1. The summed E-state index contributed by atoms with van der Waals surface area (Å²) in [6, 6.07) is 18.0. The minimum atomic E-state index is 0.0205. The van der Waals surface area contributed by atoms with Gasteiger partial charge in [-0.15, -0.1) is 0 Å². The number of carbonyl (C=O) groups excluding carboxylic acids is 1. The highest BCUT2D eigenvalue weighted by atomic mass is 16.5. The van der Waals surface area contributed by atoms with E-state index in [0.717, 1.165) is 31.4 Å². The summed E-state index contributed by atoms with van der Waals surface area (Å²) in [5.41, 5.74) is 2.36.